The Morgan fingerprint density at radius 2 is 2.13 bits per heavy atom. The third kappa shape index (κ3) is 2.06. The van der Waals surface area contributed by atoms with E-state index in [2.05, 4.69) is 43.4 Å². The Morgan fingerprint density at radius 3 is 2.67 bits per heavy atom. The fraction of sp³-hybridized carbons (Fsp3) is 0.538. The molecule has 0 aromatic heterocycles. The topological polar surface area (TPSA) is 21.3 Å². The smallest absolute Gasteiger partial charge is 0.105 e. The minimum absolute atomic E-state index is 0.117. The predicted molar refractivity (Wildman–Crippen MR) is 61.8 cm³/mol. The van der Waals surface area contributed by atoms with Gasteiger partial charge in [0.25, 0.3) is 0 Å². The van der Waals surface area contributed by atoms with E-state index in [1.807, 2.05) is 6.07 Å². The summed E-state index contributed by atoms with van der Waals surface area (Å²) in [5, 5.41) is 3.50. The Kier molecular flexibility index (Phi) is 3.08. The molecule has 1 N–H and O–H groups in total. The van der Waals surface area contributed by atoms with Gasteiger partial charge in [0, 0.05) is 12.6 Å². The summed E-state index contributed by atoms with van der Waals surface area (Å²) in [6.07, 6.45) is 1.01. The van der Waals surface area contributed by atoms with Crippen molar-refractivity contribution in [3.63, 3.8) is 0 Å². The van der Waals surface area contributed by atoms with Crippen LogP contribution in [-0.2, 0) is 10.3 Å². The van der Waals surface area contributed by atoms with E-state index < -0.39 is 0 Å². The van der Waals surface area contributed by atoms with E-state index in [0.29, 0.717) is 6.04 Å². The van der Waals surface area contributed by atoms with Crippen molar-refractivity contribution in [1.29, 1.82) is 0 Å². The van der Waals surface area contributed by atoms with E-state index in [9.17, 15) is 0 Å². The van der Waals surface area contributed by atoms with Crippen molar-refractivity contribution in [1.82, 2.24) is 5.32 Å². The number of morpholine rings is 1. The number of benzene rings is 1. The monoisotopic (exact) mass is 205 g/mol. The van der Waals surface area contributed by atoms with Crippen molar-refractivity contribution in [2.75, 3.05) is 13.2 Å². The standard InChI is InChI=1S/C13H19NO/c1-3-13(10-14-11(2)9-15-13)12-7-5-4-6-8-12/h4-8,11,14H,3,9-10H2,1-2H3. The second kappa shape index (κ2) is 4.33. The molecule has 2 heteroatoms. The van der Waals surface area contributed by atoms with Crippen LogP contribution in [0.2, 0.25) is 0 Å². The van der Waals surface area contributed by atoms with Crippen molar-refractivity contribution in [2.24, 2.45) is 0 Å². The molecule has 2 nitrogen and oxygen atoms in total. The van der Waals surface area contributed by atoms with Gasteiger partial charge in [0.05, 0.1) is 6.61 Å². The molecule has 1 saturated heterocycles. The van der Waals surface area contributed by atoms with Crippen molar-refractivity contribution < 1.29 is 4.74 Å². The molecule has 82 valence electrons. The van der Waals surface area contributed by atoms with Crippen LogP contribution in [0.5, 0.6) is 0 Å². The van der Waals surface area contributed by atoms with Gasteiger partial charge in [-0.25, -0.2) is 0 Å². The first-order chi connectivity index (χ1) is 7.27. The van der Waals surface area contributed by atoms with Crippen LogP contribution in [-0.4, -0.2) is 19.2 Å². The summed E-state index contributed by atoms with van der Waals surface area (Å²) in [5.74, 6) is 0. The number of rotatable bonds is 2. The quantitative estimate of drug-likeness (QED) is 0.800. The van der Waals surface area contributed by atoms with Crippen LogP contribution < -0.4 is 5.32 Å². The van der Waals surface area contributed by atoms with Crippen LogP contribution in [0, 0.1) is 0 Å². The molecule has 1 heterocycles. The lowest BCUT2D eigenvalue weighted by atomic mass is 9.89. The summed E-state index contributed by atoms with van der Waals surface area (Å²) < 4.78 is 6.05. The van der Waals surface area contributed by atoms with E-state index >= 15 is 0 Å². The van der Waals surface area contributed by atoms with Crippen LogP contribution >= 0.6 is 0 Å². The molecule has 15 heavy (non-hydrogen) atoms. The molecule has 0 spiro atoms. The van der Waals surface area contributed by atoms with Crippen LogP contribution in [0.15, 0.2) is 30.3 Å². The second-order valence-corrected chi connectivity index (χ2v) is 4.31. The van der Waals surface area contributed by atoms with Gasteiger partial charge in [-0.15, -0.1) is 0 Å². The Bertz CT molecular complexity index is 302. The Balaban J connectivity index is 2.23. The molecule has 0 saturated carbocycles. The zero-order valence-electron chi connectivity index (χ0n) is 9.49. The van der Waals surface area contributed by atoms with Gasteiger partial charge in [-0.05, 0) is 18.9 Å². The van der Waals surface area contributed by atoms with E-state index in [1.54, 1.807) is 0 Å². The van der Waals surface area contributed by atoms with Gasteiger partial charge < -0.3 is 10.1 Å². The van der Waals surface area contributed by atoms with Gasteiger partial charge in [-0.3, -0.25) is 0 Å². The van der Waals surface area contributed by atoms with Gasteiger partial charge >= 0.3 is 0 Å². The molecule has 0 radical (unpaired) electrons. The lowest BCUT2D eigenvalue weighted by Crippen LogP contribution is -2.51. The fourth-order valence-corrected chi connectivity index (χ4v) is 2.09. The lowest BCUT2D eigenvalue weighted by molar-refractivity contribution is -0.0882. The van der Waals surface area contributed by atoms with Crippen LogP contribution in [0.3, 0.4) is 0 Å². The summed E-state index contributed by atoms with van der Waals surface area (Å²) in [6, 6.07) is 11.0. The van der Waals surface area contributed by atoms with Crippen molar-refractivity contribution in [3.8, 4) is 0 Å². The molecule has 1 fully saturated rings. The van der Waals surface area contributed by atoms with Crippen molar-refractivity contribution >= 4 is 0 Å². The van der Waals surface area contributed by atoms with Gasteiger partial charge in [-0.2, -0.15) is 0 Å². The molecule has 0 amide bonds. The highest BCUT2D eigenvalue weighted by atomic mass is 16.5. The lowest BCUT2D eigenvalue weighted by Gasteiger charge is -2.40. The largest absolute Gasteiger partial charge is 0.367 e. The fourth-order valence-electron chi connectivity index (χ4n) is 2.09. The number of ether oxygens (including phenoxy) is 1. The molecular weight excluding hydrogens is 186 g/mol. The maximum atomic E-state index is 6.05. The molecule has 0 aliphatic carbocycles. The molecule has 1 aromatic carbocycles. The number of hydrogen-bond acceptors (Lipinski definition) is 2. The molecule has 1 aliphatic heterocycles. The maximum Gasteiger partial charge on any atom is 0.105 e. The van der Waals surface area contributed by atoms with E-state index in [4.69, 9.17) is 4.74 Å². The highest BCUT2D eigenvalue weighted by molar-refractivity contribution is 5.23. The molecular formula is C13H19NO. The third-order valence-corrected chi connectivity index (χ3v) is 3.22. The average Bonchev–Trinajstić information content (AvgIpc) is 2.32. The summed E-state index contributed by atoms with van der Waals surface area (Å²) in [5.41, 5.74) is 1.17. The molecule has 2 unspecified atom stereocenters. The zero-order chi connectivity index (χ0) is 10.7. The van der Waals surface area contributed by atoms with E-state index in [-0.39, 0.29) is 5.60 Å². The molecule has 0 bridgehead atoms. The van der Waals surface area contributed by atoms with Gasteiger partial charge in [0.2, 0.25) is 0 Å². The highest BCUT2D eigenvalue weighted by Gasteiger charge is 2.34. The Hall–Kier alpha value is -0.860. The predicted octanol–water partition coefficient (Wildman–Crippen LogP) is 2.30. The molecule has 2 rings (SSSR count). The third-order valence-electron chi connectivity index (χ3n) is 3.22. The van der Waals surface area contributed by atoms with Gasteiger partial charge in [0.1, 0.15) is 5.60 Å². The average molecular weight is 205 g/mol. The Labute approximate surface area is 91.6 Å². The summed E-state index contributed by atoms with van der Waals surface area (Å²) in [7, 11) is 0. The number of nitrogens with one attached hydrogen (secondary N) is 1. The molecule has 1 aliphatic rings. The second-order valence-electron chi connectivity index (χ2n) is 4.31. The summed E-state index contributed by atoms with van der Waals surface area (Å²) >= 11 is 0. The van der Waals surface area contributed by atoms with Crippen molar-refractivity contribution in [2.45, 2.75) is 31.9 Å². The van der Waals surface area contributed by atoms with Crippen LogP contribution in [0.25, 0.3) is 0 Å². The minimum atomic E-state index is -0.117. The minimum Gasteiger partial charge on any atom is -0.367 e. The van der Waals surface area contributed by atoms with E-state index in [0.717, 1.165) is 19.6 Å². The maximum absolute atomic E-state index is 6.05. The van der Waals surface area contributed by atoms with Crippen LogP contribution in [0.4, 0.5) is 0 Å². The van der Waals surface area contributed by atoms with Gasteiger partial charge in [-0.1, -0.05) is 37.3 Å². The summed E-state index contributed by atoms with van der Waals surface area (Å²) in [4.78, 5) is 0. The SMILES string of the molecule is CCC1(c2ccccc2)CNC(C)CO1. The van der Waals surface area contributed by atoms with Gasteiger partial charge in [0.15, 0.2) is 0 Å². The summed E-state index contributed by atoms with van der Waals surface area (Å²) in [6.45, 7) is 6.05. The first-order valence-electron chi connectivity index (χ1n) is 5.70. The first-order valence-corrected chi connectivity index (χ1v) is 5.70. The van der Waals surface area contributed by atoms with Crippen molar-refractivity contribution in [3.05, 3.63) is 35.9 Å². The Morgan fingerprint density at radius 1 is 1.40 bits per heavy atom. The number of hydrogen-bond donors (Lipinski definition) is 1. The van der Waals surface area contributed by atoms with E-state index in [1.165, 1.54) is 5.56 Å². The molecule has 1 aromatic rings. The molecule has 2 atom stereocenters. The normalized spacial score (nSPS) is 31.5. The first kappa shape index (κ1) is 10.7. The van der Waals surface area contributed by atoms with Crippen LogP contribution in [0.1, 0.15) is 25.8 Å². The zero-order valence-corrected chi connectivity index (χ0v) is 9.49. The highest BCUT2D eigenvalue weighted by Crippen LogP contribution is 2.31.